The first-order valence-corrected chi connectivity index (χ1v) is 4.56. The fourth-order valence-electron chi connectivity index (χ4n) is 1.13. The van der Waals surface area contributed by atoms with Gasteiger partial charge in [0.1, 0.15) is 0 Å². The van der Waals surface area contributed by atoms with Gasteiger partial charge in [-0.2, -0.15) is 5.10 Å². The first kappa shape index (κ1) is 11.0. The molecule has 0 amide bonds. The maximum Gasteiger partial charge on any atom is 0.0913 e. The Morgan fingerprint density at radius 2 is 2.27 bits per heavy atom. The molecule has 1 rings (SSSR count). The molecule has 0 aromatic carbocycles. The van der Waals surface area contributed by atoms with Gasteiger partial charge < -0.3 is 5.11 Å². The molecule has 15 heavy (non-hydrogen) atoms. The van der Waals surface area contributed by atoms with Crippen LogP contribution in [0, 0.1) is 0 Å². The molecule has 1 aromatic rings. The Morgan fingerprint density at radius 1 is 1.53 bits per heavy atom. The molecule has 1 aromatic heterocycles. The predicted molar refractivity (Wildman–Crippen MR) is 63.2 cm³/mol. The molecule has 0 aliphatic heterocycles. The van der Waals surface area contributed by atoms with Crippen molar-refractivity contribution in [3.63, 3.8) is 0 Å². The molecule has 0 saturated carbocycles. The van der Waals surface area contributed by atoms with E-state index in [9.17, 15) is 0 Å². The Bertz CT molecular complexity index is 421. The van der Waals surface area contributed by atoms with Crippen LogP contribution in [-0.4, -0.2) is 14.9 Å². The van der Waals surface area contributed by atoms with Crippen molar-refractivity contribution in [2.24, 2.45) is 0 Å². The van der Waals surface area contributed by atoms with Gasteiger partial charge in [-0.25, -0.2) is 4.68 Å². The monoisotopic (exact) mass is 202 g/mol. The van der Waals surface area contributed by atoms with Gasteiger partial charge in [-0.1, -0.05) is 19.2 Å². The summed E-state index contributed by atoms with van der Waals surface area (Å²) in [4.78, 5) is 0. The first-order chi connectivity index (χ1) is 7.17. The quantitative estimate of drug-likeness (QED) is 0.602. The lowest BCUT2D eigenvalue weighted by Crippen LogP contribution is -1.94. The Labute approximate surface area is 89.4 Å². The smallest absolute Gasteiger partial charge is 0.0913 e. The van der Waals surface area contributed by atoms with Gasteiger partial charge in [-0.15, -0.1) is 0 Å². The molecule has 1 N–H and O–H groups in total. The fraction of sp³-hybridized carbons (Fsp3) is 0.0833. The van der Waals surface area contributed by atoms with E-state index in [0.29, 0.717) is 5.69 Å². The number of aromatic nitrogens is 2. The number of rotatable bonds is 4. The van der Waals surface area contributed by atoms with E-state index in [2.05, 4.69) is 18.3 Å². The van der Waals surface area contributed by atoms with Crippen LogP contribution in [0.2, 0.25) is 0 Å². The van der Waals surface area contributed by atoms with Gasteiger partial charge in [0.2, 0.25) is 0 Å². The zero-order valence-electron chi connectivity index (χ0n) is 8.72. The molecule has 0 fully saturated rings. The molecule has 0 aliphatic carbocycles. The van der Waals surface area contributed by atoms with Crippen LogP contribution >= 0.6 is 0 Å². The van der Waals surface area contributed by atoms with E-state index in [1.54, 1.807) is 48.2 Å². The van der Waals surface area contributed by atoms with Crippen LogP contribution in [0.4, 0.5) is 0 Å². The molecule has 3 heteroatoms. The Balaban J connectivity index is 3.02. The molecule has 0 unspecified atom stereocenters. The molecule has 1 heterocycles. The number of allylic oxidation sites excluding steroid dienone is 5. The van der Waals surface area contributed by atoms with Crippen molar-refractivity contribution in [1.82, 2.24) is 9.78 Å². The largest absolute Gasteiger partial charge is 0.513 e. The second-order valence-corrected chi connectivity index (χ2v) is 3.00. The highest BCUT2D eigenvalue weighted by atomic mass is 16.3. The number of nitrogens with zero attached hydrogens (tertiary/aromatic N) is 2. The van der Waals surface area contributed by atoms with Gasteiger partial charge in [0.25, 0.3) is 0 Å². The molecule has 0 bridgehead atoms. The average Bonchev–Trinajstić information content (AvgIpc) is 2.61. The van der Waals surface area contributed by atoms with Crippen LogP contribution in [0.15, 0.2) is 49.4 Å². The van der Waals surface area contributed by atoms with Crippen molar-refractivity contribution in [2.75, 3.05) is 0 Å². The fourth-order valence-corrected chi connectivity index (χ4v) is 1.13. The van der Waals surface area contributed by atoms with Crippen molar-refractivity contribution in [1.29, 1.82) is 0 Å². The summed E-state index contributed by atoms with van der Waals surface area (Å²) in [6, 6.07) is 1.81. The van der Waals surface area contributed by atoms with E-state index in [-0.39, 0.29) is 5.76 Å². The third-order valence-electron chi connectivity index (χ3n) is 1.73. The number of hydrogen-bond acceptors (Lipinski definition) is 2. The second-order valence-electron chi connectivity index (χ2n) is 3.00. The Hall–Kier alpha value is -2.03. The number of hydrogen-bond donors (Lipinski definition) is 1. The van der Waals surface area contributed by atoms with Gasteiger partial charge in [0, 0.05) is 12.3 Å². The van der Waals surface area contributed by atoms with Gasteiger partial charge in [0.05, 0.1) is 17.2 Å². The first-order valence-electron chi connectivity index (χ1n) is 4.56. The molecule has 0 aliphatic rings. The standard InChI is InChI=1S/C12H14N2O/c1-4-6-12(5-2)14-8-7-11(13-14)9-10(3)15/h4-9,15H,1-2H2,3H3/b10-9-,12-6+. The molecule has 78 valence electrons. The summed E-state index contributed by atoms with van der Waals surface area (Å²) in [5.74, 6) is 0.230. The lowest BCUT2D eigenvalue weighted by Gasteiger charge is -1.99. The highest BCUT2D eigenvalue weighted by molar-refractivity contribution is 5.58. The molecule has 0 atom stereocenters. The number of aliphatic hydroxyl groups is 1. The topological polar surface area (TPSA) is 38.0 Å². The third kappa shape index (κ3) is 2.98. The highest BCUT2D eigenvalue weighted by Crippen LogP contribution is 2.08. The van der Waals surface area contributed by atoms with E-state index in [1.807, 2.05) is 0 Å². The van der Waals surface area contributed by atoms with E-state index < -0.39 is 0 Å². The van der Waals surface area contributed by atoms with Crippen molar-refractivity contribution in [2.45, 2.75) is 6.92 Å². The minimum absolute atomic E-state index is 0.230. The van der Waals surface area contributed by atoms with E-state index in [4.69, 9.17) is 5.11 Å². The van der Waals surface area contributed by atoms with Gasteiger partial charge in [-0.05, 0) is 25.1 Å². The number of aliphatic hydroxyl groups excluding tert-OH is 1. The molecular formula is C12H14N2O. The van der Waals surface area contributed by atoms with Crippen molar-refractivity contribution < 1.29 is 5.11 Å². The van der Waals surface area contributed by atoms with Crippen LogP contribution in [0.1, 0.15) is 12.6 Å². The Kier molecular flexibility index (Phi) is 3.68. The van der Waals surface area contributed by atoms with Gasteiger partial charge in [-0.3, -0.25) is 0 Å². The third-order valence-corrected chi connectivity index (χ3v) is 1.73. The zero-order valence-corrected chi connectivity index (χ0v) is 8.72. The highest BCUT2D eigenvalue weighted by Gasteiger charge is 1.98. The van der Waals surface area contributed by atoms with Crippen molar-refractivity contribution >= 4 is 11.8 Å². The SMILES string of the molecule is C=C/C=C(\C=C)n1ccc(/C=C(/C)O)n1. The summed E-state index contributed by atoms with van der Waals surface area (Å²) in [6.07, 6.45) is 8.55. The van der Waals surface area contributed by atoms with E-state index in [0.717, 1.165) is 5.70 Å². The maximum absolute atomic E-state index is 9.08. The average molecular weight is 202 g/mol. The summed E-state index contributed by atoms with van der Waals surface area (Å²) in [5, 5.41) is 13.3. The maximum atomic E-state index is 9.08. The van der Waals surface area contributed by atoms with Gasteiger partial charge in [0.15, 0.2) is 0 Å². The predicted octanol–water partition coefficient (Wildman–Crippen LogP) is 3.01. The summed E-state index contributed by atoms with van der Waals surface area (Å²) < 4.78 is 1.67. The van der Waals surface area contributed by atoms with Gasteiger partial charge >= 0.3 is 0 Å². The molecule has 0 radical (unpaired) electrons. The summed E-state index contributed by atoms with van der Waals surface area (Å²) >= 11 is 0. The minimum atomic E-state index is 0.230. The van der Waals surface area contributed by atoms with Crippen molar-refractivity contribution in [3.05, 3.63) is 55.1 Å². The lowest BCUT2D eigenvalue weighted by molar-refractivity contribution is 0.419. The summed E-state index contributed by atoms with van der Waals surface area (Å²) in [7, 11) is 0. The van der Waals surface area contributed by atoms with Crippen molar-refractivity contribution in [3.8, 4) is 0 Å². The van der Waals surface area contributed by atoms with Crippen LogP contribution in [0.25, 0.3) is 11.8 Å². The normalized spacial score (nSPS) is 12.6. The molecular weight excluding hydrogens is 188 g/mol. The minimum Gasteiger partial charge on any atom is -0.513 e. The van der Waals surface area contributed by atoms with Crippen LogP contribution in [0.3, 0.4) is 0 Å². The van der Waals surface area contributed by atoms with Crippen LogP contribution in [-0.2, 0) is 0 Å². The van der Waals surface area contributed by atoms with Crippen LogP contribution < -0.4 is 0 Å². The van der Waals surface area contributed by atoms with Crippen LogP contribution in [0.5, 0.6) is 0 Å². The van der Waals surface area contributed by atoms with E-state index in [1.165, 1.54) is 0 Å². The van der Waals surface area contributed by atoms with E-state index >= 15 is 0 Å². The second kappa shape index (κ2) is 5.00. The molecule has 0 saturated heterocycles. The summed E-state index contributed by atoms with van der Waals surface area (Å²) in [6.45, 7) is 8.90. The summed E-state index contributed by atoms with van der Waals surface area (Å²) in [5.41, 5.74) is 1.53. The Morgan fingerprint density at radius 3 is 2.80 bits per heavy atom. The lowest BCUT2D eigenvalue weighted by atomic mass is 10.4. The molecule has 3 nitrogen and oxygen atoms in total. The zero-order chi connectivity index (χ0) is 11.3. The molecule has 0 spiro atoms.